The standard InChI is InChI=1S/C10H8F7NO/c11-6-1-5(9(12,13)14)2-7(3-6)18-4-8(19)10(15,16)17/h1-3,8,18-19H,4H2/t8-/m1/s1. The zero-order chi connectivity index (χ0) is 14.8. The maximum absolute atomic E-state index is 12.9. The van der Waals surface area contributed by atoms with Gasteiger partial charge in [-0.3, -0.25) is 0 Å². The van der Waals surface area contributed by atoms with E-state index in [0.29, 0.717) is 12.1 Å². The minimum absolute atomic E-state index is 0.214. The van der Waals surface area contributed by atoms with E-state index in [1.807, 2.05) is 5.32 Å². The Morgan fingerprint density at radius 1 is 1.05 bits per heavy atom. The Hall–Kier alpha value is -1.51. The van der Waals surface area contributed by atoms with Gasteiger partial charge in [-0.25, -0.2) is 4.39 Å². The van der Waals surface area contributed by atoms with Crippen LogP contribution in [0.25, 0.3) is 0 Å². The first kappa shape index (κ1) is 15.5. The monoisotopic (exact) mass is 291 g/mol. The number of hydrogen-bond acceptors (Lipinski definition) is 2. The summed E-state index contributed by atoms with van der Waals surface area (Å²) in [7, 11) is 0. The fourth-order valence-electron chi connectivity index (χ4n) is 1.19. The van der Waals surface area contributed by atoms with E-state index in [4.69, 9.17) is 5.11 Å². The number of rotatable bonds is 3. The topological polar surface area (TPSA) is 32.3 Å². The summed E-state index contributed by atoms with van der Waals surface area (Å²) in [4.78, 5) is 0. The molecule has 0 unspecified atom stereocenters. The van der Waals surface area contributed by atoms with Crippen LogP contribution in [0.5, 0.6) is 0 Å². The van der Waals surface area contributed by atoms with Gasteiger partial charge in [0.25, 0.3) is 0 Å². The Balaban J connectivity index is 2.83. The molecule has 19 heavy (non-hydrogen) atoms. The molecule has 9 heteroatoms. The maximum Gasteiger partial charge on any atom is 0.416 e. The van der Waals surface area contributed by atoms with Crippen molar-refractivity contribution in [2.45, 2.75) is 18.5 Å². The van der Waals surface area contributed by atoms with Crippen LogP contribution < -0.4 is 5.32 Å². The van der Waals surface area contributed by atoms with E-state index in [-0.39, 0.29) is 6.07 Å². The molecule has 1 aromatic carbocycles. The molecule has 0 spiro atoms. The molecule has 1 atom stereocenters. The average Bonchev–Trinajstić information content (AvgIpc) is 2.22. The normalized spacial score (nSPS) is 14.3. The van der Waals surface area contributed by atoms with Gasteiger partial charge in [0, 0.05) is 12.2 Å². The van der Waals surface area contributed by atoms with Crippen LogP contribution >= 0.6 is 0 Å². The minimum atomic E-state index is -4.91. The lowest BCUT2D eigenvalue weighted by atomic mass is 10.2. The lowest BCUT2D eigenvalue weighted by molar-refractivity contribution is -0.198. The molecule has 0 aliphatic rings. The van der Waals surface area contributed by atoms with Gasteiger partial charge in [0.05, 0.1) is 5.56 Å². The fourth-order valence-corrected chi connectivity index (χ4v) is 1.19. The number of anilines is 1. The van der Waals surface area contributed by atoms with E-state index in [0.717, 1.165) is 0 Å². The van der Waals surface area contributed by atoms with Gasteiger partial charge in [0.15, 0.2) is 6.10 Å². The van der Waals surface area contributed by atoms with Gasteiger partial charge < -0.3 is 10.4 Å². The number of nitrogens with one attached hydrogen (secondary N) is 1. The van der Waals surface area contributed by atoms with Crippen LogP contribution in [0.4, 0.5) is 36.4 Å². The molecule has 2 nitrogen and oxygen atoms in total. The second kappa shape index (κ2) is 5.24. The quantitative estimate of drug-likeness (QED) is 0.838. The molecule has 0 radical (unpaired) electrons. The van der Waals surface area contributed by atoms with Gasteiger partial charge in [-0.1, -0.05) is 0 Å². The second-order valence-electron chi connectivity index (χ2n) is 3.66. The van der Waals surface area contributed by atoms with Gasteiger partial charge in [0.1, 0.15) is 5.82 Å². The molecule has 0 heterocycles. The molecular weight excluding hydrogens is 283 g/mol. The SMILES string of the molecule is O[C@H](CNc1cc(F)cc(C(F)(F)F)c1)C(F)(F)F. The molecule has 0 aromatic heterocycles. The minimum Gasteiger partial charge on any atom is -0.382 e. The number of hydrogen-bond donors (Lipinski definition) is 2. The van der Waals surface area contributed by atoms with Crippen LogP contribution in [0.2, 0.25) is 0 Å². The van der Waals surface area contributed by atoms with Crippen molar-refractivity contribution in [3.63, 3.8) is 0 Å². The first-order chi connectivity index (χ1) is 8.50. The molecule has 0 amide bonds. The van der Waals surface area contributed by atoms with Crippen molar-refractivity contribution >= 4 is 5.69 Å². The smallest absolute Gasteiger partial charge is 0.382 e. The lowest BCUT2D eigenvalue weighted by Crippen LogP contribution is -2.35. The van der Waals surface area contributed by atoms with Crippen LogP contribution in [0.1, 0.15) is 5.56 Å². The Bertz CT molecular complexity index is 440. The second-order valence-corrected chi connectivity index (χ2v) is 3.66. The lowest BCUT2D eigenvalue weighted by Gasteiger charge is -2.16. The number of aliphatic hydroxyl groups is 1. The summed E-state index contributed by atoms with van der Waals surface area (Å²) in [5.41, 5.74) is -1.84. The van der Waals surface area contributed by atoms with Crippen molar-refractivity contribution in [3.8, 4) is 0 Å². The maximum atomic E-state index is 12.9. The van der Waals surface area contributed by atoms with Crippen LogP contribution in [0, 0.1) is 5.82 Å². The molecule has 108 valence electrons. The average molecular weight is 291 g/mol. The predicted molar refractivity (Wildman–Crippen MR) is 52.0 cm³/mol. The number of halogens is 7. The Morgan fingerprint density at radius 2 is 1.63 bits per heavy atom. The summed E-state index contributed by atoms with van der Waals surface area (Å²) >= 11 is 0. The summed E-state index contributed by atoms with van der Waals surface area (Å²) in [6.45, 7) is -1.08. The molecule has 0 bridgehead atoms. The number of benzene rings is 1. The molecular formula is C10H8F7NO. The molecule has 0 aliphatic heterocycles. The number of aliphatic hydroxyl groups excluding tert-OH is 1. The molecule has 1 aromatic rings. The van der Waals surface area contributed by atoms with Crippen molar-refractivity contribution in [1.82, 2.24) is 0 Å². The van der Waals surface area contributed by atoms with Gasteiger partial charge >= 0.3 is 12.4 Å². The van der Waals surface area contributed by atoms with Gasteiger partial charge in [-0.2, -0.15) is 26.3 Å². The van der Waals surface area contributed by atoms with E-state index < -0.39 is 42.1 Å². The van der Waals surface area contributed by atoms with Gasteiger partial charge in [-0.15, -0.1) is 0 Å². The first-order valence-corrected chi connectivity index (χ1v) is 4.86. The van der Waals surface area contributed by atoms with Gasteiger partial charge in [-0.05, 0) is 18.2 Å². The Morgan fingerprint density at radius 3 is 2.11 bits per heavy atom. The highest BCUT2D eigenvalue weighted by Gasteiger charge is 2.38. The van der Waals surface area contributed by atoms with E-state index in [2.05, 4.69) is 0 Å². The van der Waals surface area contributed by atoms with Crippen LogP contribution in [0.3, 0.4) is 0 Å². The van der Waals surface area contributed by atoms with Crippen molar-refractivity contribution in [3.05, 3.63) is 29.6 Å². The molecule has 0 aliphatic carbocycles. The van der Waals surface area contributed by atoms with E-state index in [1.54, 1.807) is 0 Å². The molecule has 0 saturated heterocycles. The van der Waals surface area contributed by atoms with Crippen molar-refractivity contribution in [1.29, 1.82) is 0 Å². The van der Waals surface area contributed by atoms with Crippen molar-refractivity contribution in [2.24, 2.45) is 0 Å². The van der Waals surface area contributed by atoms with Crippen LogP contribution in [-0.4, -0.2) is 23.9 Å². The van der Waals surface area contributed by atoms with Gasteiger partial charge in [0.2, 0.25) is 0 Å². The van der Waals surface area contributed by atoms with Crippen LogP contribution in [0.15, 0.2) is 18.2 Å². The predicted octanol–water partition coefficient (Wildman–Crippen LogP) is 3.18. The van der Waals surface area contributed by atoms with Crippen molar-refractivity contribution < 1.29 is 35.8 Å². The highest BCUT2D eigenvalue weighted by atomic mass is 19.4. The summed E-state index contributed by atoms with van der Waals surface area (Å²) in [5, 5.41) is 10.5. The Labute approximate surface area is 102 Å². The third kappa shape index (κ3) is 4.58. The van der Waals surface area contributed by atoms with Crippen molar-refractivity contribution in [2.75, 3.05) is 11.9 Å². The molecule has 1 rings (SSSR count). The number of alkyl halides is 6. The van der Waals surface area contributed by atoms with Crippen LogP contribution in [-0.2, 0) is 6.18 Å². The summed E-state index contributed by atoms with van der Waals surface area (Å²) in [5.74, 6) is -1.25. The molecule has 0 fully saturated rings. The van der Waals surface area contributed by atoms with E-state index >= 15 is 0 Å². The molecule has 0 saturated carbocycles. The third-order valence-corrected chi connectivity index (χ3v) is 2.10. The fraction of sp³-hybridized carbons (Fsp3) is 0.400. The molecule has 2 N–H and O–H groups in total. The highest BCUT2D eigenvalue weighted by molar-refractivity contribution is 5.47. The third-order valence-electron chi connectivity index (χ3n) is 2.10. The summed E-state index contributed by atoms with van der Waals surface area (Å²) < 4.78 is 85.7. The first-order valence-electron chi connectivity index (χ1n) is 4.86. The highest BCUT2D eigenvalue weighted by Crippen LogP contribution is 2.31. The van der Waals surface area contributed by atoms with E-state index in [1.165, 1.54) is 0 Å². The van der Waals surface area contributed by atoms with E-state index in [9.17, 15) is 30.7 Å². The largest absolute Gasteiger partial charge is 0.416 e. The zero-order valence-electron chi connectivity index (χ0n) is 9.11. The zero-order valence-corrected chi connectivity index (χ0v) is 9.11. The summed E-state index contributed by atoms with van der Waals surface area (Å²) in [6.07, 6.45) is -12.5. The Kier molecular flexibility index (Phi) is 4.28. The summed E-state index contributed by atoms with van der Waals surface area (Å²) in [6, 6.07) is 1.26.